The maximum Gasteiger partial charge on any atom is 0.246 e. The molecule has 2 aromatic rings. The summed E-state index contributed by atoms with van der Waals surface area (Å²) in [7, 11) is 0. The van der Waals surface area contributed by atoms with Gasteiger partial charge in [-0.2, -0.15) is 0 Å². The van der Waals surface area contributed by atoms with Crippen LogP contribution in [0.1, 0.15) is 17.5 Å². The molecule has 0 bridgehead atoms. The fourth-order valence-electron chi connectivity index (χ4n) is 2.59. The SMILES string of the molecule is Cc1cccc(NC(=O)[C@H]2CCc3ccccc3N2)c1. The molecule has 102 valence electrons. The largest absolute Gasteiger partial charge is 0.373 e. The molecular formula is C17H18N2O. The van der Waals surface area contributed by atoms with Crippen LogP contribution in [0.5, 0.6) is 0 Å². The number of para-hydroxylation sites is 1. The summed E-state index contributed by atoms with van der Waals surface area (Å²) in [5, 5.41) is 6.30. The number of carbonyl (C=O) groups excluding carboxylic acids is 1. The van der Waals surface area contributed by atoms with Gasteiger partial charge in [0, 0.05) is 11.4 Å². The summed E-state index contributed by atoms with van der Waals surface area (Å²) < 4.78 is 0. The summed E-state index contributed by atoms with van der Waals surface area (Å²) in [5.74, 6) is 0.0325. The van der Waals surface area contributed by atoms with Crippen LogP contribution in [0.2, 0.25) is 0 Å². The van der Waals surface area contributed by atoms with Crippen molar-refractivity contribution in [3.05, 3.63) is 59.7 Å². The van der Waals surface area contributed by atoms with Crippen molar-refractivity contribution in [2.24, 2.45) is 0 Å². The second kappa shape index (κ2) is 5.37. The average molecular weight is 266 g/mol. The van der Waals surface area contributed by atoms with E-state index in [1.54, 1.807) is 0 Å². The third-order valence-electron chi connectivity index (χ3n) is 3.65. The second-order valence-electron chi connectivity index (χ2n) is 5.25. The van der Waals surface area contributed by atoms with Gasteiger partial charge in [-0.15, -0.1) is 0 Å². The number of fused-ring (bicyclic) bond motifs is 1. The van der Waals surface area contributed by atoms with Gasteiger partial charge in [-0.3, -0.25) is 4.79 Å². The molecule has 0 fully saturated rings. The summed E-state index contributed by atoms with van der Waals surface area (Å²) >= 11 is 0. The Labute approximate surface area is 119 Å². The second-order valence-corrected chi connectivity index (χ2v) is 5.25. The van der Waals surface area contributed by atoms with Crippen LogP contribution >= 0.6 is 0 Å². The molecule has 0 spiro atoms. The summed E-state index contributed by atoms with van der Waals surface area (Å²) in [5.41, 5.74) is 4.36. The van der Waals surface area contributed by atoms with Gasteiger partial charge in [0.25, 0.3) is 0 Å². The number of hydrogen-bond acceptors (Lipinski definition) is 2. The standard InChI is InChI=1S/C17H18N2O/c1-12-5-4-7-14(11-12)18-17(20)16-10-9-13-6-2-3-8-15(13)19-16/h2-8,11,16,19H,9-10H2,1H3,(H,18,20)/t16-/m1/s1. The van der Waals surface area contributed by atoms with Gasteiger partial charge < -0.3 is 10.6 Å². The predicted octanol–water partition coefficient (Wildman–Crippen LogP) is 3.36. The number of nitrogens with one attached hydrogen (secondary N) is 2. The minimum atomic E-state index is -0.162. The van der Waals surface area contributed by atoms with E-state index in [-0.39, 0.29) is 11.9 Å². The highest BCUT2D eigenvalue weighted by atomic mass is 16.2. The van der Waals surface area contributed by atoms with E-state index in [2.05, 4.69) is 16.7 Å². The van der Waals surface area contributed by atoms with Gasteiger partial charge in [0.1, 0.15) is 6.04 Å². The summed E-state index contributed by atoms with van der Waals surface area (Å²) in [4.78, 5) is 12.3. The van der Waals surface area contributed by atoms with Crippen LogP contribution in [0.4, 0.5) is 11.4 Å². The zero-order chi connectivity index (χ0) is 13.9. The number of hydrogen-bond donors (Lipinski definition) is 2. The Bertz CT molecular complexity index is 636. The lowest BCUT2D eigenvalue weighted by atomic mass is 9.97. The molecule has 0 aromatic heterocycles. The number of carbonyl (C=O) groups is 1. The van der Waals surface area contributed by atoms with Gasteiger partial charge in [0.15, 0.2) is 0 Å². The van der Waals surface area contributed by atoms with Crippen LogP contribution in [0.15, 0.2) is 48.5 Å². The minimum absolute atomic E-state index is 0.0325. The highest BCUT2D eigenvalue weighted by molar-refractivity contribution is 5.97. The smallest absolute Gasteiger partial charge is 0.246 e. The normalized spacial score (nSPS) is 16.9. The molecule has 20 heavy (non-hydrogen) atoms. The molecule has 1 aliphatic rings. The van der Waals surface area contributed by atoms with E-state index in [0.717, 1.165) is 29.8 Å². The maximum atomic E-state index is 12.3. The molecule has 3 rings (SSSR count). The van der Waals surface area contributed by atoms with Gasteiger partial charge >= 0.3 is 0 Å². The van der Waals surface area contributed by atoms with Gasteiger partial charge in [-0.1, -0.05) is 30.3 Å². The topological polar surface area (TPSA) is 41.1 Å². The first-order valence-corrected chi connectivity index (χ1v) is 6.94. The summed E-state index contributed by atoms with van der Waals surface area (Å²) in [6.07, 6.45) is 1.77. The molecular weight excluding hydrogens is 248 g/mol. The first kappa shape index (κ1) is 12.7. The van der Waals surface area contributed by atoms with Gasteiger partial charge in [-0.05, 0) is 49.1 Å². The highest BCUT2D eigenvalue weighted by Gasteiger charge is 2.23. The van der Waals surface area contributed by atoms with E-state index in [9.17, 15) is 4.79 Å². The molecule has 1 aliphatic heterocycles. The van der Waals surface area contributed by atoms with Crippen molar-refractivity contribution in [2.45, 2.75) is 25.8 Å². The van der Waals surface area contributed by atoms with E-state index in [0.29, 0.717) is 0 Å². The summed E-state index contributed by atoms with van der Waals surface area (Å²) in [6.45, 7) is 2.02. The molecule has 3 heteroatoms. The molecule has 1 amide bonds. The van der Waals surface area contributed by atoms with E-state index in [1.165, 1.54) is 5.56 Å². The predicted molar refractivity (Wildman–Crippen MR) is 82.0 cm³/mol. The molecule has 2 N–H and O–H groups in total. The third-order valence-corrected chi connectivity index (χ3v) is 3.65. The molecule has 0 radical (unpaired) electrons. The number of rotatable bonds is 2. The van der Waals surface area contributed by atoms with Crippen molar-refractivity contribution in [2.75, 3.05) is 10.6 Å². The van der Waals surface area contributed by atoms with Crippen LogP contribution in [-0.2, 0) is 11.2 Å². The number of aryl methyl sites for hydroxylation is 2. The lowest BCUT2D eigenvalue weighted by Crippen LogP contribution is -2.37. The lowest BCUT2D eigenvalue weighted by molar-refractivity contribution is -0.117. The molecule has 2 aromatic carbocycles. The Morgan fingerprint density at radius 2 is 2.05 bits per heavy atom. The van der Waals surface area contributed by atoms with Crippen molar-refractivity contribution in [3.8, 4) is 0 Å². The van der Waals surface area contributed by atoms with E-state index in [4.69, 9.17) is 0 Å². The maximum absolute atomic E-state index is 12.3. The molecule has 3 nitrogen and oxygen atoms in total. The monoisotopic (exact) mass is 266 g/mol. The molecule has 0 saturated carbocycles. The van der Waals surface area contributed by atoms with Crippen LogP contribution in [0.3, 0.4) is 0 Å². The van der Waals surface area contributed by atoms with Crippen molar-refractivity contribution >= 4 is 17.3 Å². The zero-order valence-corrected chi connectivity index (χ0v) is 11.5. The third kappa shape index (κ3) is 2.67. The highest BCUT2D eigenvalue weighted by Crippen LogP contribution is 2.24. The Morgan fingerprint density at radius 3 is 2.90 bits per heavy atom. The number of amides is 1. The zero-order valence-electron chi connectivity index (χ0n) is 11.5. The van der Waals surface area contributed by atoms with Gasteiger partial charge in [0.2, 0.25) is 5.91 Å². The fourth-order valence-corrected chi connectivity index (χ4v) is 2.59. The molecule has 0 unspecified atom stereocenters. The minimum Gasteiger partial charge on any atom is -0.373 e. The Kier molecular flexibility index (Phi) is 3.42. The first-order valence-electron chi connectivity index (χ1n) is 6.94. The van der Waals surface area contributed by atoms with Crippen LogP contribution in [-0.4, -0.2) is 11.9 Å². The fraction of sp³-hybridized carbons (Fsp3) is 0.235. The van der Waals surface area contributed by atoms with Crippen LogP contribution in [0.25, 0.3) is 0 Å². The quantitative estimate of drug-likeness (QED) is 0.875. The van der Waals surface area contributed by atoms with Gasteiger partial charge in [-0.25, -0.2) is 0 Å². The Hall–Kier alpha value is -2.29. The number of benzene rings is 2. The van der Waals surface area contributed by atoms with E-state index < -0.39 is 0 Å². The number of anilines is 2. The Morgan fingerprint density at radius 1 is 1.20 bits per heavy atom. The van der Waals surface area contributed by atoms with Crippen LogP contribution < -0.4 is 10.6 Å². The summed E-state index contributed by atoms with van der Waals surface area (Å²) in [6, 6.07) is 15.9. The van der Waals surface area contributed by atoms with Crippen molar-refractivity contribution in [3.63, 3.8) is 0 Å². The van der Waals surface area contributed by atoms with Crippen molar-refractivity contribution < 1.29 is 4.79 Å². The average Bonchev–Trinajstić information content (AvgIpc) is 2.47. The first-order chi connectivity index (χ1) is 9.72. The van der Waals surface area contributed by atoms with Crippen molar-refractivity contribution in [1.29, 1.82) is 0 Å². The molecule has 1 heterocycles. The molecule has 0 saturated heterocycles. The molecule has 1 atom stereocenters. The van der Waals surface area contributed by atoms with E-state index >= 15 is 0 Å². The van der Waals surface area contributed by atoms with E-state index in [1.807, 2.05) is 49.4 Å². The Balaban J connectivity index is 1.70. The van der Waals surface area contributed by atoms with Crippen LogP contribution in [0, 0.1) is 6.92 Å². The van der Waals surface area contributed by atoms with Crippen molar-refractivity contribution in [1.82, 2.24) is 0 Å². The molecule has 0 aliphatic carbocycles. The lowest BCUT2D eigenvalue weighted by Gasteiger charge is -2.26. The van der Waals surface area contributed by atoms with Gasteiger partial charge in [0.05, 0.1) is 0 Å².